The maximum atomic E-state index is 13.2. The lowest BCUT2D eigenvalue weighted by Gasteiger charge is -2.11. The van der Waals surface area contributed by atoms with Crippen LogP contribution in [0, 0.1) is 46.5 Å². The number of halogens is 8. The lowest BCUT2D eigenvalue weighted by molar-refractivity contribution is 0.352. The normalized spacial score (nSPS) is 10.6. The largest absolute Gasteiger partial charge is 0.576 e. The summed E-state index contributed by atoms with van der Waals surface area (Å²) in [5.41, 5.74) is 0. The highest BCUT2D eigenvalue weighted by atomic mass is 19.2. The molecule has 2 aromatic rings. The lowest BCUT2D eigenvalue weighted by atomic mass is 10.2. The van der Waals surface area contributed by atoms with Crippen LogP contribution in [0.25, 0.3) is 0 Å². The second kappa shape index (κ2) is 6.35. The van der Waals surface area contributed by atoms with E-state index in [2.05, 4.69) is 9.31 Å². The van der Waals surface area contributed by atoms with Gasteiger partial charge in [0.1, 0.15) is 0 Å². The molecule has 0 saturated heterocycles. The van der Waals surface area contributed by atoms with Gasteiger partial charge in [-0.25, -0.2) is 17.6 Å². The van der Waals surface area contributed by atoms with Crippen molar-refractivity contribution in [2.75, 3.05) is 0 Å². The Morgan fingerprint density at radius 2 is 0.783 bits per heavy atom. The first-order valence-corrected chi connectivity index (χ1v) is 5.65. The number of hydrogen-bond acceptors (Lipinski definition) is 2. The van der Waals surface area contributed by atoms with Crippen LogP contribution in [-0.4, -0.2) is 7.69 Å². The Kier molecular flexibility index (Phi) is 4.67. The summed E-state index contributed by atoms with van der Waals surface area (Å²) in [6, 6.07) is -0.195. The third-order valence-electron chi connectivity index (χ3n) is 2.55. The summed E-state index contributed by atoms with van der Waals surface area (Å²) in [6.07, 6.45) is 0. The Labute approximate surface area is 123 Å². The Morgan fingerprint density at radius 3 is 1.04 bits per heavy atom. The van der Waals surface area contributed by atoms with Crippen molar-refractivity contribution in [1.82, 2.24) is 0 Å². The topological polar surface area (TPSA) is 18.5 Å². The van der Waals surface area contributed by atoms with Gasteiger partial charge >= 0.3 is 7.69 Å². The molecule has 0 fully saturated rings. The molecule has 0 aromatic heterocycles. The summed E-state index contributed by atoms with van der Waals surface area (Å²) in [7, 11) is -1.40. The monoisotopic (exact) mass is 342 g/mol. The van der Waals surface area contributed by atoms with E-state index in [9.17, 15) is 35.1 Å². The van der Waals surface area contributed by atoms with Gasteiger partial charge < -0.3 is 9.31 Å². The SMILES string of the molecule is Fc1cc(F)c(F)c(OBOc2c(F)c(F)cc(F)c2F)c1F. The Balaban J connectivity index is 2.22. The van der Waals surface area contributed by atoms with Crippen LogP contribution in [0.2, 0.25) is 0 Å². The first-order valence-electron chi connectivity index (χ1n) is 5.65. The lowest BCUT2D eigenvalue weighted by Crippen LogP contribution is -2.16. The van der Waals surface area contributed by atoms with E-state index in [-0.39, 0.29) is 12.1 Å². The molecule has 0 aliphatic heterocycles. The molecule has 0 aliphatic carbocycles. The van der Waals surface area contributed by atoms with Gasteiger partial charge in [0, 0.05) is 12.1 Å². The van der Waals surface area contributed by atoms with Crippen LogP contribution in [0.1, 0.15) is 0 Å². The molecule has 2 aromatic carbocycles. The molecule has 0 unspecified atom stereocenters. The third kappa shape index (κ3) is 3.17. The van der Waals surface area contributed by atoms with Crippen molar-refractivity contribution in [3.8, 4) is 11.5 Å². The summed E-state index contributed by atoms with van der Waals surface area (Å²) >= 11 is 0. The van der Waals surface area contributed by atoms with Gasteiger partial charge in [0.2, 0.25) is 23.3 Å². The van der Waals surface area contributed by atoms with E-state index >= 15 is 0 Å². The molecule has 2 nitrogen and oxygen atoms in total. The minimum atomic E-state index is -1.93. The molecular formula is C12H3BF8O2. The highest BCUT2D eigenvalue weighted by Gasteiger charge is 2.24. The summed E-state index contributed by atoms with van der Waals surface area (Å²) in [5, 5.41) is 0. The molecule has 0 saturated carbocycles. The van der Waals surface area contributed by atoms with Crippen LogP contribution >= 0.6 is 0 Å². The molecule has 0 heterocycles. The Hall–Kier alpha value is -2.46. The van der Waals surface area contributed by atoms with E-state index in [1.165, 1.54) is 0 Å². The minimum absolute atomic E-state index is 0.0976. The summed E-state index contributed by atoms with van der Waals surface area (Å²) in [5.74, 6) is -18.1. The van der Waals surface area contributed by atoms with Crippen LogP contribution < -0.4 is 9.31 Å². The van der Waals surface area contributed by atoms with Crippen molar-refractivity contribution in [1.29, 1.82) is 0 Å². The predicted molar refractivity (Wildman–Crippen MR) is 61.0 cm³/mol. The molecule has 2 rings (SSSR count). The predicted octanol–water partition coefficient (Wildman–Crippen LogP) is 3.52. The van der Waals surface area contributed by atoms with Gasteiger partial charge in [-0.2, -0.15) is 17.6 Å². The molecule has 0 radical (unpaired) electrons. The van der Waals surface area contributed by atoms with Gasteiger partial charge in [-0.15, -0.1) is 0 Å². The zero-order valence-electron chi connectivity index (χ0n) is 10.7. The van der Waals surface area contributed by atoms with Crippen LogP contribution in [0.3, 0.4) is 0 Å². The minimum Gasteiger partial charge on any atom is -0.524 e. The van der Waals surface area contributed by atoms with Crippen molar-refractivity contribution in [2.24, 2.45) is 0 Å². The van der Waals surface area contributed by atoms with E-state index in [4.69, 9.17) is 0 Å². The van der Waals surface area contributed by atoms with Crippen LogP contribution in [-0.2, 0) is 0 Å². The van der Waals surface area contributed by atoms with E-state index < -0.39 is 65.7 Å². The summed E-state index contributed by atoms with van der Waals surface area (Å²) in [6.45, 7) is 0. The first-order chi connectivity index (χ1) is 10.7. The van der Waals surface area contributed by atoms with E-state index in [0.29, 0.717) is 0 Å². The molecule has 0 atom stereocenters. The highest BCUT2D eigenvalue weighted by molar-refractivity contribution is 6.20. The second-order valence-corrected chi connectivity index (χ2v) is 4.00. The van der Waals surface area contributed by atoms with Crippen LogP contribution in [0.15, 0.2) is 12.1 Å². The quantitative estimate of drug-likeness (QED) is 0.481. The second-order valence-electron chi connectivity index (χ2n) is 4.00. The van der Waals surface area contributed by atoms with Crippen molar-refractivity contribution in [3.05, 3.63) is 58.7 Å². The Bertz CT molecular complexity index is 652. The first kappa shape index (κ1) is 16.9. The maximum absolute atomic E-state index is 13.2. The van der Waals surface area contributed by atoms with Crippen LogP contribution in [0.5, 0.6) is 11.5 Å². The average molecular weight is 342 g/mol. The zero-order chi connectivity index (χ0) is 17.3. The third-order valence-corrected chi connectivity index (χ3v) is 2.55. The molecule has 23 heavy (non-hydrogen) atoms. The molecule has 0 N–H and O–H groups in total. The van der Waals surface area contributed by atoms with Gasteiger partial charge in [0.25, 0.3) is 0 Å². The molecule has 0 bridgehead atoms. The molecule has 0 spiro atoms. The fraction of sp³-hybridized carbons (Fsp3) is 0. The molecule has 11 heteroatoms. The highest BCUT2D eigenvalue weighted by Crippen LogP contribution is 2.28. The molecular weight excluding hydrogens is 339 g/mol. The number of hydrogen-bond donors (Lipinski definition) is 0. The average Bonchev–Trinajstić information content (AvgIpc) is 2.49. The smallest absolute Gasteiger partial charge is 0.524 e. The fourth-order valence-electron chi connectivity index (χ4n) is 1.50. The molecule has 122 valence electrons. The van der Waals surface area contributed by atoms with E-state index in [0.717, 1.165) is 0 Å². The van der Waals surface area contributed by atoms with Gasteiger partial charge in [0.15, 0.2) is 34.8 Å². The molecule has 0 aliphatic rings. The number of benzene rings is 2. The van der Waals surface area contributed by atoms with E-state index in [1.807, 2.05) is 0 Å². The van der Waals surface area contributed by atoms with Gasteiger partial charge in [-0.3, -0.25) is 0 Å². The summed E-state index contributed by atoms with van der Waals surface area (Å²) in [4.78, 5) is 0. The fourth-order valence-corrected chi connectivity index (χ4v) is 1.50. The van der Waals surface area contributed by atoms with Crippen LogP contribution in [0.4, 0.5) is 35.1 Å². The van der Waals surface area contributed by atoms with Crippen molar-refractivity contribution < 1.29 is 44.4 Å². The standard InChI is InChI=1S/C12H3BF8O2/c14-3-1-4(15)8(19)11(7(3)18)22-13-23-12-9(20)5(16)2-6(17)10(12)21/h1-2,13H. The summed E-state index contributed by atoms with van der Waals surface area (Å²) < 4.78 is 113. The number of rotatable bonds is 4. The Morgan fingerprint density at radius 1 is 0.522 bits per heavy atom. The maximum Gasteiger partial charge on any atom is 0.576 e. The van der Waals surface area contributed by atoms with E-state index in [1.54, 1.807) is 0 Å². The van der Waals surface area contributed by atoms with Crippen molar-refractivity contribution >= 4 is 7.69 Å². The van der Waals surface area contributed by atoms with Gasteiger partial charge in [-0.1, -0.05) is 0 Å². The zero-order valence-corrected chi connectivity index (χ0v) is 10.7. The van der Waals surface area contributed by atoms with Gasteiger partial charge in [-0.05, 0) is 0 Å². The van der Waals surface area contributed by atoms with Crippen molar-refractivity contribution in [2.45, 2.75) is 0 Å². The van der Waals surface area contributed by atoms with Gasteiger partial charge in [0.05, 0.1) is 0 Å². The van der Waals surface area contributed by atoms with Crippen molar-refractivity contribution in [3.63, 3.8) is 0 Å². The molecule has 0 amide bonds.